The summed E-state index contributed by atoms with van der Waals surface area (Å²) in [6.45, 7) is 5.62. The summed E-state index contributed by atoms with van der Waals surface area (Å²) in [5.74, 6) is -0.584. The normalized spacial score (nSPS) is 24.9. The van der Waals surface area contributed by atoms with Gasteiger partial charge in [0.05, 0.1) is 16.8 Å². The van der Waals surface area contributed by atoms with E-state index in [2.05, 4.69) is 10.3 Å². The van der Waals surface area contributed by atoms with Crippen molar-refractivity contribution in [2.45, 2.75) is 52.7 Å². The molecule has 0 saturated carbocycles. The fourth-order valence-corrected chi connectivity index (χ4v) is 4.31. The molecule has 0 saturated heterocycles. The van der Waals surface area contributed by atoms with Gasteiger partial charge >= 0.3 is 5.97 Å². The molecule has 2 atom stereocenters. The number of hydrogen-bond donors (Lipinski definition) is 2. The quantitative estimate of drug-likeness (QED) is 0.728. The summed E-state index contributed by atoms with van der Waals surface area (Å²) in [6.07, 6.45) is 5.58. The fourth-order valence-electron chi connectivity index (χ4n) is 4.31. The molecule has 0 aromatic carbocycles. The Morgan fingerprint density at radius 1 is 1.37 bits per heavy atom. The van der Waals surface area contributed by atoms with E-state index in [1.54, 1.807) is 6.92 Å². The van der Waals surface area contributed by atoms with Crippen LogP contribution in [-0.2, 0) is 22.4 Å². The summed E-state index contributed by atoms with van der Waals surface area (Å²) < 4.78 is 19.8. The molecule has 0 amide bonds. The van der Waals surface area contributed by atoms with Gasteiger partial charge in [0.25, 0.3) is 0 Å². The number of carbonyl (C=O) groups excluding carboxylic acids is 1. The molecule has 2 N–H and O–H groups in total. The molecule has 2 bridgehead atoms. The second-order valence-corrected chi connectivity index (χ2v) is 8.35. The zero-order valence-corrected chi connectivity index (χ0v) is 17.6. The molecule has 3 heterocycles. The van der Waals surface area contributed by atoms with Gasteiger partial charge in [-0.15, -0.1) is 0 Å². The van der Waals surface area contributed by atoms with Crippen molar-refractivity contribution in [3.05, 3.63) is 69.8 Å². The topological polar surface area (TPSA) is 71.5 Å². The van der Waals surface area contributed by atoms with Crippen LogP contribution in [0.1, 0.15) is 49.1 Å². The first kappa shape index (κ1) is 20.5. The predicted molar refractivity (Wildman–Crippen MR) is 112 cm³/mol. The van der Waals surface area contributed by atoms with E-state index in [1.807, 2.05) is 32.1 Å². The van der Waals surface area contributed by atoms with Crippen LogP contribution < -0.4 is 5.32 Å². The molecule has 1 aromatic heterocycles. The lowest BCUT2D eigenvalue weighted by Crippen LogP contribution is -2.44. The number of cyclic esters (lactones) is 1. The van der Waals surface area contributed by atoms with E-state index in [0.717, 1.165) is 36.0 Å². The van der Waals surface area contributed by atoms with E-state index in [4.69, 9.17) is 4.74 Å². The average molecular weight is 410 g/mol. The van der Waals surface area contributed by atoms with E-state index in [-0.39, 0.29) is 18.4 Å². The number of aromatic nitrogens is 1. The third kappa shape index (κ3) is 3.49. The van der Waals surface area contributed by atoms with Crippen LogP contribution in [0.25, 0.3) is 5.70 Å². The number of nitrogens with one attached hydrogen (secondary N) is 1. The van der Waals surface area contributed by atoms with E-state index >= 15 is 0 Å². The molecule has 5 nitrogen and oxygen atoms in total. The minimum absolute atomic E-state index is 0.0660. The van der Waals surface area contributed by atoms with Crippen molar-refractivity contribution in [2.75, 3.05) is 6.61 Å². The number of aryl methyl sites for hydroxylation is 2. The molecule has 0 spiro atoms. The van der Waals surface area contributed by atoms with Crippen LogP contribution in [0.15, 0.2) is 41.6 Å². The number of esters is 1. The highest BCUT2D eigenvalue weighted by molar-refractivity contribution is 5.85. The molecule has 0 fully saturated rings. The van der Waals surface area contributed by atoms with E-state index in [0.29, 0.717) is 28.9 Å². The Kier molecular flexibility index (Phi) is 5.36. The van der Waals surface area contributed by atoms with Crippen molar-refractivity contribution in [1.29, 1.82) is 0 Å². The molecule has 3 aliphatic rings. The van der Waals surface area contributed by atoms with Crippen LogP contribution in [0, 0.1) is 18.2 Å². The van der Waals surface area contributed by atoms with Crippen molar-refractivity contribution in [1.82, 2.24) is 10.3 Å². The van der Waals surface area contributed by atoms with Gasteiger partial charge in [-0.3, -0.25) is 9.78 Å². The molecule has 2 aliphatic heterocycles. The molecule has 0 radical (unpaired) electrons. The highest BCUT2D eigenvalue weighted by Gasteiger charge is 2.44. The third-order valence-electron chi connectivity index (χ3n) is 6.51. The Labute approximate surface area is 176 Å². The third-order valence-corrected chi connectivity index (χ3v) is 6.51. The lowest BCUT2D eigenvalue weighted by Gasteiger charge is -2.38. The molecule has 30 heavy (non-hydrogen) atoms. The van der Waals surface area contributed by atoms with Crippen molar-refractivity contribution in [2.24, 2.45) is 5.41 Å². The fraction of sp³-hybridized carbons (Fsp3) is 0.417. The number of aliphatic hydroxyl groups is 1. The average Bonchev–Trinajstić information content (AvgIpc) is 2.74. The Bertz CT molecular complexity index is 1030. The SMILES string of the molecule is CCC1(C)C(=O)OCC2=C1C=C(c1cc3cc(c(C)c(F)ccn1)CCC3)NC2O. The van der Waals surface area contributed by atoms with Gasteiger partial charge in [-0.2, -0.15) is 0 Å². The van der Waals surface area contributed by atoms with Crippen molar-refractivity contribution in [3.8, 4) is 0 Å². The largest absolute Gasteiger partial charge is 0.460 e. The monoisotopic (exact) mass is 410 g/mol. The maximum absolute atomic E-state index is 14.5. The van der Waals surface area contributed by atoms with Crippen LogP contribution in [0.3, 0.4) is 0 Å². The van der Waals surface area contributed by atoms with Gasteiger partial charge in [-0.25, -0.2) is 4.39 Å². The standard InChI is InChI=1S/C24H27FN2O3/c1-4-24(3)18-12-21(27-22(28)17(18)13-30-23(24)29)20-11-15-6-5-7-16(10-15)14(2)19(25)8-9-26-20/h8-12,22,27-28H,4-7,13H2,1-3H3. The maximum Gasteiger partial charge on any atom is 0.316 e. The predicted octanol–water partition coefficient (Wildman–Crippen LogP) is 3.67. The molecule has 1 aliphatic carbocycles. The first-order valence-electron chi connectivity index (χ1n) is 10.4. The van der Waals surface area contributed by atoms with Crippen LogP contribution in [-0.4, -0.2) is 28.9 Å². The van der Waals surface area contributed by atoms with Crippen molar-refractivity contribution in [3.63, 3.8) is 0 Å². The molecule has 4 rings (SSSR count). The minimum atomic E-state index is -0.976. The van der Waals surface area contributed by atoms with E-state index in [1.165, 1.54) is 12.3 Å². The molecule has 6 heteroatoms. The van der Waals surface area contributed by atoms with Crippen LogP contribution in [0.4, 0.5) is 4.39 Å². The number of rotatable bonds is 2. The van der Waals surface area contributed by atoms with Gasteiger partial charge in [0.2, 0.25) is 0 Å². The van der Waals surface area contributed by atoms with Gasteiger partial charge in [0, 0.05) is 11.8 Å². The molecule has 1 aromatic rings. The Balaban J connectivity index is 1.89. The van der Waals surface area contributed by atoms with Gasteiger partial charge < -0.3 is 15.2 Å². The number of carbonyl (C=O) groups is 1. The molecular weight excluding hydrogens is 383 g/mol. The summed E-state index contributed by atoms with van der Waals surface area (Å²) >= 11 is 0. The summed E-state index contributed by atoms with van der Waals surface area (Å²) in [5.41, 5.74) is 4.52. The number of nitrogens with zero attached hydrogens (tertiary/aromatic N) is 1. The Hall–Kier alpha value is -2.73. The van der Waals surface area contributed by atoms with Crippen molar-refractivity contribution >= 4 is 11.7 Å². The Morgan fingerprint density at radius 3 is 2.93 bits per heavy atom. The number of hydrogen-bond acceptors (Lipinski definition) is 5. The summed E-state index contributed by atoms with van der Waals surface area (Å²) in [7, 11) is 0. The van der Waals surface area contributed by atoms with Crippen LogP contribution in [0.2, 0.25) is 0 Å². The molecule has 158 valence electrons. The van der Waals surface area contributed by atoms with Crippen molar-refractivity contribution < 1.29 is 19.0 Å². The summed E-state index contributed by atoms with van der Waals surface area (Å²) in [5, 5.41) is 13.8. The number of aliphatic hydroxyl groups excluding tert-OH is 1. The number of fused-ring (bicyclic) bond motifs is 2. The first-order chi connectivity index (χ1) is 14.3. The highest BCUT2D eigenvalue weighted by atomic mass is 19.1. The number of dihydropyridines is 1. The zero-order chi connectivity index (χ0) is 21.5. The number of ether oxygens (including phenoxy) is 1. The lowest BCUT2D eigenvalue weighted by molar-refractivity contribution is -0.154. The van der Waals surface area contributed by atoms with Gasteiger partial charge in [0.1, 0.15) is 12.4 Å². The zero-order valence-electron chi connectivity index (χ0n) is 17.6. The van der Waals surface area contributed by atoms with Gasteiger partial charge in [0.15, 0.2) is 6.23 Å². The second kappa shape index (κ2) is 7.84. The van der Waals surface area contributed by atoms with Gasteiger partial charge in [-0.1, -0.05) is 13.0 Å². The smallest absolute Gasteiger partial charge is 0.316 e. The highest BCUT2D eigenvalue weighted by Crippen LogP contribution is 2.42. The Morgan fingerprint density at radius 2 is 2.17 bits per heavy atom. The molecule has 2 unspecified atom stereocenters. The minimum Gasteiger partial charge on any atom is -0.460 e. The summed E-state index contributed by atoms with van der Waals surface area (Å²) in [6, 6.07) is 5.37. The first-order valence-corrected chi connectivity index (χ1v) is 10.4. The van der Waals surface area contributed by atoms with E-state index < -0.39 is 11.6 Å². The van der Waals surface area contributed by atoms with E-state index in [9.17, 15) is 14.3 Å². The maximum atomic E-state index is 14.5. The lowest BCUT2D eigenvalue weighted by atomic mass is 9.74. The number of allylic oxidation sites excluding steroid dienone is 1. The number of halogens is 1. The van der Waals surface area contributed by atoms with Crippen LogP contribution in [0.5, 0.6) is 0 Å². The van der Waals surface area contributed by atoms with Crippen LogP contribution >= 0.6 is 0 Å². The molecular formula is C24H27FN2O3. The summed E-state index contributed by atoms with van der Waals surface area (Å²) in [4.78, 5) is 17.0. The van der Waals surface area contributed by atoms with Gasteiger partial charge in [-0.05, 0) is 80.0 Å². The second-order valence-electron chi connectivity index (χ2n) is 8.35.